The normalized spacial score (nSPS) is 10.7. The zero-order chi connectivity index (χ0) is 14.0. The molecule has 0 saturated carbocycles. The lowest BCUT2D eigenvalue weighted by atomic mass is 10.1. The summed E-state index contributed by atoms with van der Waals surface area (Å²) in [5, 5.41) is 4.26. The van der Waals surface area contributed by atoms with Gasteiger partial charge < -0.3 is 15.9 Å². The highest BCUT2D eigenvalue weighted by Crippen LogP contribution is 2.32. The van der Waals surface area contributed by atoms with Crippen LogP contribution in [0.3, 0.4) is 0 Å². The zero-order valence-corrected chi connectivity index (χ0v) is 11.6. The Hall–Kier alpha value is -1.88. The zero-order valence-electron chi connectivity index (χ0n) is 10.9. The molecule has 1 amide bonds. The number of nitrogen functional groups attached to an aromatic ring is 1. The molecule has 3 N–H and O–H groups in total. The Morgan fingerprint density at radius 2 is 2.26 bits per heavy atom. The standard InChI is InChI=1S/C13H16ClN3O2/c1-8(18)16-4-3-9-7-17(15)12-6-11(14)13(19-2)5-10(9)12/h5-7H,3-4,15H2,1-2H3,(H,16,18). The van der Waals surface area contributed by atoms with Crippen molar-refractivity contribution in [2.45, 2.75) is 13.3 Å². The molecule has 2 rings (SSSR count). The first-order chi connectivity index (χ1) is 9.02. The third-order valence-electron chi connectivity index (χ3n) is 2.96. The summed E-state index contributed by atoms with van der Waals surface area (Å²) in [6, 6.07) is 3.64. The highest BCUT2D eigenvalue weighted by Gasteiger charge is 2.11. The number of hydrogen-bond donors (Lipinski definition) is 2. The minimum atomic E-state index is -0.0443. The minimum absolute atomic E-state index is 0.0443. The molecule has 1 aromatic heterocycles. The summed E-state index contributed by atoms with van der Waals surface area (Å²) in [4.78, 5) is 10.9. The number of aromatic nitrogens is 1. The molecule has 2 aromatic rings. The molecule has 102 valence electrons. The SMILES string of the molecule is COc1cc2c(CCNC(C)=O)cn(N)c2cc1Cl. The van der Waals surface area contributed by atoms with Gasteiger partial charge in [0.1, 0.15) is 5.75 Å². The van der Waals surface area contributed by atoms with E-state index in [1.807, 2.05) is 12.3 Å². The molecule has 0 aliphatic rings. The molecule has 0 spiro atoms. The fourth-order valence-electron chi connectivity index (χ4n) is 2.05. The minimum Gasteiger partial charge on any atom is -0.495 e. The molecule has 0 fully saturated rings. The van der Waals surface area contributed by atoms with Gasteiger partial charge in [0.25, 0.3) is 0 Å². The highest BCUT2D eigenvalue weighted by atomic mass is 35.5. The smallest absolute Gasteiger partial charge is 0.216 e. The summed E-state index contributed by atoms with van der Waals surface area (Å²) in [7, 11) is 1.57. The average Bonchev–Trinajstić information content (AvgIpc) is 2.64. The van der Waals surface area contributed by atoms with Crippen LogP contribution in [0.1, 0.15) is 12.5 Å². The Labute approximate surface area is 116 Å². The van der Waals surface area contributed by atoms with Gasteiger partial charge in [-0.1, -0.05) is 11.6 Å². The van der Waals surface area contributed by atoms with E-state index in [0.717, 1.165) is 16.5 Å². The van der Waals surface area contributed by atoms with Crippen LogP contribution >= 0.6 is 11.6 Å². The van der Waals surface area contributed by atoms with Crippen LogP contribution in [0.2, 0.25) is 5.02 Å². The number of ether oxygens (including phenoxy) is 1. The Morgan fingerprint density at radius 3 is 2.89 bits per heavy atom. The van der Waals surface area contributed by atoms with E-state index in [0.29, 0.717) is 23.7 Å². The number of halogens is 1. The number of hydrogen-bond acceptors (Lipinski definition) is 3. The fraction of sp³-hybridized carbons (Fsp3) is 0.308. The van der Waals surface area contributed by atoms with Gasteiger partial charge in [0, 0.05) is 25.1 Å². The van der Waals surface area contributed by atoms with E-state index in [9.17, 15) is 4.79 Å². The van der Waals surface area contributed by atoms with E-state index in [1.54, 1.807) is 13.2 Å². The van der Waals surface area contributed by atoms with Crippen molar-refractivity contribution in [1.29, 1.82) is 0 Å². The molecule has 0 atom stereocenters. The first-order valence-corrected chi connectivity index (χ1v) is 6.27. The third-order valence-corrected chi connectivity index (χ3v) is 3.25. The number of amides is 1. The Bertz CT molecular complexity index is 622. The molecule has 1 heterocycles. The summed E-state index contributed by atoms with van der Waals surface area (Å²) in [5.74, 6) is 6.47. The second-order valence-corrected chi connectivity index (χ2v) is 4.71. The molecule has 5 nitrogen and oxygen atoms in total. The van der Waals surface area contributed by atoms with E-state index in [1.165, 1.54) is 11.6 Å². The summed E-state index contributed by atoms with van der Waals surface area (Å²) in [6.45, 7) is 2.06. The summed E-state index contributed by atoms with van der Waals surface area (Å²) in [5.41, 5.74) is 1.88. The first-order valence-electron chi connectivity index (χ1n) is 5.90. The molecule has 0 radical (unpaired) electrons. The number of carbonyl (C=O) groups is 1. The van der Waals surface area contributed by atoms with Crippen molar-refractivity contribution < 1.29 is 9.53 Å². The van der Waals surface area contributed by atoms with Gasteiger partial charge in [-0.15, -0.1) is 0 Å². The largest absolute Gasteiger partial charge is 0.495 e. The van der Waals surface area contributed by atoms with E-state index in [4.69, 9.17) is 22.2 Å². The quantitative estimate of drug-likeness (QED) is 0.838. The highest BCUT2D eigenvalue weighted by molar-refractivity contribution is 6.32. The summed E-state index contributed by atoms with van der Waals surface area (Å²) >= 11 is 6.08. The van der Waals surface area contributed by atoms with Gasteiger partial charge in [-0.2, -0.15) is 0 Å². The maximum atomic E-state index is 10.9. The van der Waals surface area contributed by atoms with Crippen molar-refractivity contribution >= 4 is 28.4 Å². The van der Waals surface area contributed by atoms with Gasteiger partial charge in [-0.05, 0) is 24.1 Å². The van der Waals surface area contributed by atoms with Crippen molar-refractivity contribution in [2.24, 2.45) is 0 Å². The Kier molecular flexibility index (Phi) is 3.85. The summed E-state index contributed by atoms with van der Waals surface area (Å²) < 4.78 is 6.74. The molecule has 1 aromatic carbocycles. The summed E-state index contributed by atoms with van der Waals surface area (Å²) in [6.07, 6.45) is 2.54. The molecule has 0 aliphatic heterocycles. The topological polar surface area (TPSA) is 69.3 Å². The maximum absolute atomic E-state index is 10.9. The van der Waals surface area contributed by atoms with Crippen LogP contribution < -0.4 is 15.9 Å². The van der Waals surface area contributed by atoms with E-state index in [-0.39, 0.29) is 5.91 Å². The average molecular weight is 282 g/mol. The number of fused-ring (bicyclic) bond motifs is 1. The van der Waals surface area contributed by atoms with Crippen molar-refractivity contribution in [3.63, 3.8) is 0 Å². The molecule has 0 unspecified atom stereocenters. The van der Waals surface area contributed by atoms with E-state index < -0.39 is 0 Å². The van der Waals surface area contributed by atoms with Crippen molar-refractivity contribution in [2.75, 3.05) is 19.5 Å². The first kappa shape index (κ1) is 13.5. The van der Waals surface area contributed by atoms with Gasteiger partial charge >= 0.3 is 0 Å². The predicted molar refractivity (Wildman–Crippen MR) is 76.0 cm³/mol. The van der Waals surface area contributed by atoms with Gasteiger partial charge in [0.05, 0.1) is 17.6 Å². The molecule has 19 heavy (non-hydrogen) atoms. The Morgan fingerprint density at radius 1 is 1.53 bits per heavy atom. The molecule has 6 heteroatoms. The van der Waals surface area contributed by atoms with Crippen LogP contribution in [0.25, 0.3) is 10.9 Å². The number of nitrogens with two attached hydrogens (primary N) is 1. The predicted octanol–water partition coefficient (Wildman–Crippen LogP) is 1.70. The molecule has 0 saturated heterocycles. The van der Waals surface area contributed by atoms with Gasteiger partial charge in [0.2, 0.25) is 5.91 Å². The van der Waals surface area contributed by atoms with Crippen LogP contribution in [-0.2, 0) is 11.2 Å². The number of methoxy groups -OCH3 is 1. The fourth-order valence-corrected chi connectivity index (χ4v) is 2.28. The van der Waals surface area contributed by atoms with Crippen molar-refractivity contribution in [1.82, 2.24) is 9.99 Å². The van der Waals surface area contributed by atoms with Crippen molar-refractivity contribution in [3.05, 3.63) is 28.9 Å². The van der Waals surface area contributed by atoms with Crippen LogP contribution in [0.5, 0.6) is 5.75 Å². The van der Waals surface area contributed by atoms with Crippen molar-refractivity contribution in [3.8, 4) is 5.75 Å². The number of nitrogens with zero attached hydrogens (tertiary/aromatic N) is 1. The number of rotatable bonds is 4. The number of benzene rings is 1. The lowest BCUT2D eigenvalue weighted by molar-refractivity contribution is -0.118. The number of nitrogens with one attached hydrogen (secondary N) is 1. The molecular formula is C13H16ClN3O2. The van der Waals surface area contributed by atoms with Crippen LogP contribution in [0.15, 0.2) is 18.3 Å². The van der Waals surface area contributed by atoms with Gasteiger partial charge in [0.15, 0.2) is 0 Å². The number of carbonyl (C=O) groups excluding carboxylic acids is 1. The lowest BCUT2D eigenvalue weighted by Crippen LogP contribution is -2.22. The molecular weight excluding hydrogens is 266 g/mol. The van der Waals surface area contributed by atoms with Gasteiger partial charge in [-0.3, -0.25) is 9.47 Å². The Balaban J connectivity index is 2.36. The van der Waals surface area contributed by atoms with Crippen LogP contribution in [-0.4, -0.2) is 24.2 Å². The van der Waals surface area contributed by atoms with E-state index in [2.05, 4.69) is 5.32 Å². The monoisotopic (exact) mass is 281 g/mol. The third kappa shape index (κ3) is 2.76. The van der Waals surface area contributed by atoms with E-state index >= 15 is 0 Å². The van der Waals surface area contributed by atoms with Crippen LogP contribution in [0.4, 0.5) is 0 Å². The maximum Gasteiger partial charge on any atom is 0.216 e. The van der Waals surface area contributed by atoms with Crippen LogP contribution in [0, 0.1) is 0 Å². The second-order valence-electron chi connectivity index (χ2n) is 4.30. The second kappa shape index (κ2) is 5.40. The molecule has 0 bridgehead atoms. The van der Waals surface area contributed by atoms with Gasteiger partial charge in [-0.25, -0.2) is 0 Å². The molecule has 0 aliphatic carbocycles. The lowest BCUT2D eigenvalue weighted by Gasteiger charge is -2.05.